The summed E-state index contributed by atoms with van der Waals surface area (Å²) in [5, 5.41) is 11.7. The van der Waals surface area contributed by atoms with E-state index in [-0.39, 0.29) is 0 Å². The third kappa shape index (κ3) is 2.86. The van der Waals surface area contributed by atoms with Crippen LogP contribution in [0.2, 0.25) is 0 Å². The molecule has 1 N–H and O–H groups in total. The molecule has 15 heavy (non-hydrogen) atoms. The van der Waals surface area contributed by atoms with Crippen molar-refractivity contribution >= 4 is 11.4 Å². The first-order chi connectivity index (χ1) is 7.25. The molecular formula is C11H20N4. The van der Waals surface area contributed by atoms with Crippen LogP contribution in [-0.4, -0.2) is 49.0 Å². The molecule has 1 unspecified atom stereocenters. The van der Waals surface area contributed by atoms with Crippen LogP contribution in [0.3, 0.4) is 0 Å². The van der Waals surface area contributed by atoms with Gasteiger partial charge < -0.3 is 10.2 Å². The highest BCUT2D eigenvalue weighted by molar-refractivity contribution is 5.94. The summed E-state index contributed by atoms with van der Waals surface area (Å²) in [4.78, 5) is 2.53. The fourth-order valence-corrected chi connectivity index (χ4v) is 2.19. The van der Waals surface area contributed by atoms with E-state index >= 15 is 0 Å². The smallest absolute Gasteiger partial charge is 0.0422 e. The van der Waals surface area contributed by atoms with Crippen LogP contribution in [0.5, 0.6) is 0 Å². The van der Waals surface area contributed by atoms with Crippen molar-refractivity contribution in [1.29, 1.82) is 0 Å². The van der Waals surface area contributed by atoms with Crippen molar-refractivity contribution in [2.75, 3.05) is 32.7 Å². The Hall–Kier alpha value is -0.740. The average molecular weight is 208 g/mol. The van der Waals surface area contributed by atoms with Crippen LogP contribution in [-0.2, 0) is 0 Å². The second-order valence-electron chi connectivity index (χ2n) is 4.53. The van der Waals surface area contributed by atoms with E-state index in [4.69, 9.17) is 0 Å². The molecule has 0 amide bonds. The highest BCUT2D eigenvalue weighted by atomic mass is 15.2. The molecule has 2 rings (SSSR count). The maximum atomic E-state index is 4.22. The molecule has 0 bridgehead atoms. The lowest BCUT2D eigenvalue weighted by molar-refractivity contribution is 0.225. The molecule has 0 aromatic rings. The molecule has 4 nitrogen and oxygen atoms in total. The SMILES string of the molecule is CC1=NN=C(C)C(CN2CCNCC2)C1. The third-order valence-electron chi connectivity index (χ3n) is 3.20. The van der Waals surface area contributed by atoms with E-state index < -0.39 is 0 Å². The fourth-order valence-electron chi connectivity index (χ4n) is 2.19. The van der Waals surface area contributed by atoms with Crippen molar-refractivity contribution in [1.82, 2.24) is 10.2 Å². The summed E-state index contributed by atoms with van der Waals surface area (Å²) in [6.45, 7) is 9.89. The van der Waals surface area contributed by atoms with Gasteiger partial charge in [0.1, 0.15) is 0 Å². The molecule has 0 aromatic carbocycles. The molecule has 0 radical (unpaired) electrons. The first-order valence-corrected chi connectivity index (χ1v) is 5.76. The lowest BCUT2D eigenvalue weighted by Gasteiger charge is -2.31. The highest BCUT2D eigenvalue weighted by Gasteiger charge is 2.21. The van der Waals surface area contributed by atoms with Crippen molar-refractivity contribution < 1.29 is 0 Å². The standard InChI is InChI=1S/C11H20N4/c1-9-7-11(10(2)14-13-9)8-15-5-3-12-4-6-15/h11-12H,3-8H2,1-2H3. The quantitative estimate of drug-likeness (QED) is 0.727. The predicted molar refractivity (Wildman–Crippen MR) is 63.6 cm³/mol. The van der Waals surface area contributed by atoms with E-state index in [0.717, 1.165) is 26.1 Å². The zero-order valence-electron chi connectivity index (χ0n) is 9.66. The Morgan fingerprint density at radius 2 is 2.00 bits per heavy atom. The van der Waals surface area contributed by atoms with Gasteiger partial charge in [0.05, 0.1) is 0 Å². The number of nitrogens with one attached hydrogen (secondary N) is 1. The van der Waals surface area contributed by atoms with Gasteiger partial charge in [-0.15, -0.1) is 0 Å². The van der Waals surface area contributed by atoms with Crippen LogP contribution in [0.25, 0.3) is 0 Å². The normalized spacial score (nSPS) is 28.5. The molecule has 0 spiro atoms. The number of rotatable bonds is 2. The number of nitrogens with zero attached hydrogens (tertiary/aromatic N) is 3. The Balaban J connectivity index is 1.89. The first-order valence-electron chi connectivity index (χ1n) is 5.76. The van der Waals surface area contributed by atoms with Gasteiger partial charge in [0.25, 0.3) is 0 Å². The van der Waals surface area contributed by atoms with E-state index in [0.29, 0.717) is 5.92 Å². The molecule has 2 aliphatic rings. The first kappa shape index (κ1) is 10.8. The number of hydrogen-bond acceptors (Lipinski definition) is 4. The zero-order valence-corrected chi connectivity index (χ0v) is 9.66. The number of hydrogen-bond donors (Lipinski definition) is 1. The van der Waals surface area contributed by atoms with Crippen LogP contribution >= 0.6 is 0 Å². The predicted octanol–water partition coefficient (Wildman–Crippen LogP) is 0.748. The Morgan fingerprint density at radius 3 is 2.73 bits per heavy atom. The van der Waals surface area contributed by atoms with Crippen LogP contribution in [0.4, 0.5) is 0 Å². The lowest BCUT2D eigenvalue weighted by atomic mass is 9.96. The van der Waals surface area contributed by atoms with Crippen molar-refractivity contribution in [3.8, 4) is 0 Å². The largest absolute Gasteiger partial charge is 0.314 e. The summed E-state index contributed by atoms with van der Waals surface area (Å²) >= 11 is 0. The Morgan fingerprint density at radius 1 is 1.27 bits per heavy atom. The second-order valence-corrected chi connectivity index (χ2v) is 4.53. The third-order valence-corrected chi connectivity index (χ3v) is 3.20. The Labute approximate surface area is 91.4 Å². The van der Waals surface area contributed by atoms with Gasteiger partial charge in [-0.05, 0) is 20.3 Å². The highest BCUT2D eigenvalue weighted by Crippen LogP contribution is 2.15. The molecular weight excluding hydrogens is 188 g/mol. The molecule has 1 atom stereocenters. The van der Waals surface area contributed by atoms with Gasteiger partial charge in [0, 0.05) is 50.1 Å². The molecule has 2 aliphatic heterocycles. The minimum atomic E-state index is 0.584. The number of piperazine rings is 1. The Kier molecular flexibility index (Phi) is 3.49. The lowest BCUT2D eigenvalue weighted by Crippen LogP contribution is -2.46. The maximum absolute atomic E-state index is 4.22. The van der Waals surface area contributed by atoms with Crippen molar-refractivity contribution in [3.05, 3.63) is 0 Å². The summed E-state index contributed by atoms with van der Waals surface area (Å²) in [6, 6.07) is 0. The molecule has 1 fully saturated rings. The van der Waals surface area contributed by atoms with Crippen LogP contribution in [0, 0.1) is 5.92 Å². The van der Waals surface area contributed by atoms with Crippen LogP contribution in [0.15, 0.2) is 10.2 Å². The van der Waals surface area contributed by atoms with Gasteiger partial charge in [-0.2, -0.15) is 10.2 Å². The van der Waals surface area contributed by atoms with E-state index in [1.807, 2.05) is 0 Å². The molecule has 1 saturated heterocycles. The van der Waals surface area contributed by atoms with Gasteiger partial charge in [0.15, 0.2) is 0 Å². The van der Waals surface area contributed by atoms with Gasteiger partial charge in [0.2, 0.25) is 0 Å². The van der Waals surface area contributed by atoms with Gasteiger partial charge in [-0.25, -0.2) is 0 Å². The minimum Gasteiger partial charge on any atom is -0.314 e. The van der Waals surface area contributed by atoms with E-state index in [1.165, 1.54) is 24.5 Å². The molecule has 2 heterocycles. The average Bonchev–Trinajstić information content (AvgIpc) is 2.25. The van der Waals surface area contributed by atoms with Gasteiger partial charge in [-0.1, -0.05) is 0 Å². The fraction of sp³-hybridized carbons (Fsp3) is 0.818. The monoisotopic (exact) mass is 208 g/mol. The van der Waals surface area contributed by atoms with Gasteiger partial charge >= 0.3 is 0 Å². The molecule has 0 aliphatic carbocycles. The van der Waals surface area contributed by atoms with E-state index in [2.05, 4.69) is 34.3 Å². The summed E-state index contributed by atoms with van der Waals surface area (Å²) < 4.78 is 0. The minimum absolute atomic E-state index is 0.584. The topological polar surface area (TPSA) is 40.0 Å². The molecule has 0 saturated carbocycles. The second kappa shape index (κ2) is 4.86. The summed E-state index contributed by atoms with van der Waals surface area (Å²) in [7, 11) is 0. The maximum Gasteiger partial charge on any atom is 0.0422 e. The van der Waals surface area contributed by atoms with Crippen molar-refractivity contribution in [2.24, 2.45) is 16.1 Å². The summed E-state index contributed by atoms with van der Waals surface area (Å²) in [6.07, 6.45) is 1.08. The molecule has 0 aromatic heterocycles. The van der Waals surface area contributed by atoms with Crippen LogP contribution in [0.1, 0.15) is 20.3 Å². The molecule has 84 valence electrons. The Bertz CT molecular complexity index is 276. The molecule has 4 heteroatoms. The van der Waals surface area contributed by atoms with Crippen LogP contribution < -0.4 is 5.32 Å². The zero-order chi connectivity index (χ0) is 10.7. The van der Waals surface area contributed by atoms with E-state index in [1.54, 1.807) is 0 Å². The summed E-state index contributed by atoms with van der Waals surface area (Å²) in [5.74, 6) is 0.584. The van der Waals surface area contributed by atoms with Crippen molar-refractivity contribution in [2.45, 2.75) is 20.3 Å². The van der Waals surface area contributed by atoms with Gasteiger partial charge in [-0.3, -0.25) is 0 Å². The summed E-state index contributed by atoms with van der Waals surface area (Å²) in [5.41, 5.74) is 2.36. The van der Waals surface area contributed by atoms with Crippen molar-refractivity contribution in [3.63, 3.8) is 0 Å². The van der Waals surface area contributed by atoms with E-state index in [9.17, 15) is 0 Å².